The zero-order valence-electron chi connectivity index (χ0n) is 13.6. The zero-order chi connectivity index (χ0) is 16.4. The number of fused-ring (bicyclic) bond motifs is 1. The summed E-state index contributed by atoms with van der Waals surface area (Å²) in [5, 5.41) is 7.61. The van der Waals surface area contributed by atoms with E-state index >= 15 is 0 Å². The van der Waals surface area contributed by atoms with Crippen LogP contribution in [0.4, 0.5) is 0 Å². The average Bonchev–Trinajstić information content (AvgIpc) is 3.25. The molecule has 1 fully saturated rings. The molecule has 2 aliphatic rings. The van der Waals surface area contributed by atoms with E-state index in [4.69, 9.17) is 4.74 Å². The van der Waals surface area contributed by atoms with Crippen molar-refractivity contribution in [1.82, 2.24) is 20.1 Å². The van der Waals surface area contributed by atoms with Gasteiger partial charge in [-0.1, -0.05) is 12.8 Å². The molecule has 6 heteroatoms. The van der Waals surface area contributed by atoms with Crippen molar-refractivity contribution < 1.29 is 9.53 Å². The molecule has 1 aliphatic carbocycles. The Morgan fingerprint density at radius 1 is 1.33 bits per heavy atom. The van der Waals surface area contributed by atoms with Gasteiger partial charge in [0, 0.05) is 18.2 Å². The van der Waals surface area contributed by atoms with Crippen molar-refractivity contribution >= 4 is 5.91 Å². The molecular weight excluding hydrogens is 304 g/mol. The molecule has 0 aromatic carbocycles. The lowest BCUT2D eigenvalue weighted by atomic mass is 10.0. The third-order valence-electron chi connectivity index (χ3n) is 4.97. The molecule has 126 valence electrons. The lowest BCUT2D eigenvalue weighted by Gasteiger charge is -2.25. The number of hydrogen-bond donors (Lipinski definition) is 1. The van der Waals surface area contributed by atoms with Crippen LogP contribution in [0.1, 0.15) is 49.4 Å². The second kappa shape index (κ2) is 6.73. The third kappa shape index (κ3) is 3.06. The molecule has 24 heavy (non-hydrogen) atoms. The first kappa shape index (κ1) is 15.3. The Labute approximate surface area is 141 Å². The standard InChI is InChI=1S/C18H22N4O2/c23-18(8-13-4-1-2-5-13)21-16-11-24-12-17-15(16)10-20-22(17)14-6-3-7-19-9-14/h3,6-7,9-10,13,16H,1-2,4-5,8,11-12H2,(H,21,23). The second-order valence-corrected chi connectivity index (χ2v) is 6.66. The monoisotopic (exact) mass is 326 g/mol. The van der Waals surface area contributed by atoms with E-state index in [0.29, 0.717) is 25.6 Å². The largest absolute Gasteiger partial charge is 0.373 e. The van der Waals surface area contributed by atoms with Gasteiger partial charge in [-0.25, -0.2) is 4.68 Å². The molecule has 4 rings (SSSR count). The number of rotatable bonds is 4. The second-order valence-electron chi connectivity index (χ2n) is 6.66. The van der Waals surface area contributed by atoms with Crippen molar-refractivity contribution in [2.75, 3.05) is 6.61 Å². The maximum Gasteiger partial charge on any atom is 0.220 e. The lowest BCUT2D eigenvalue weighted by Crippen LogP contribution is -2.35. The third-order valence-corrected chi connectivity index (χ3v) is 4.97. The Bertz CT molecular complexity index is 707. The Hall–Kier alpha value is -2.21. The molecule has 1 unspecified atom stereocenters. The van der Waals surface area contributed by atoms with Gasteiger partial charge in [0.15, 0.2) is 0 Å². The van der Waals surface area contributed by atoms with Crippen LogP contribution in [-0.2, 0) is 16.1 Å². The highest BCUT2D eigenvalue weighted by Crippen LogP contribution is 2.29. The number of carbonyl (C=O) groups is 1. The number of carbonyl (C=O) groups excluding carboxylic acids is 1. The van der Waals surface area contributed by atoms with Gasteiger partial charge in [0.1, 0.15) is 0 Å². The molecule has 1 saturated carbocycles. The molecular formula is C18H22N4O2. The molecule has 1 N–H and O–H groups in total. The highest BCUT2D eigenvalue weighted by molar-refractivity contribution is 5.76. The Morgan fingerprint density at radius 2 is 2.21 bits per heavy atom. The maximum absolute atomic E-state index is 12.3. The smallest absolute Gasteiger partial charge is 0.220 e. The van der Waals surface area contributed by atoms with Crippen molar-refractivity contribution in [1.29, 1.82) is 0 Å². The van der Waals surface area contributed by atoms with Crippen molar-refractivity contribution in [2.45, 2.75) is 44.8 Å². The maximum atomic E-state index is 12.3. The fraction of sp³-hybridized carbons (Fsp3) is 0.500. The first-order chi connectivity index (χ1) is 11.8. The molecule has 3 heterocycles. The Kier molecular flexibility index (Phi) is 4.30. The first-order valence-electron chi connectivity index (χ1n) is 8.65. The predicted octanol–water partition coefficient (Wildman–Crippen LogP) is 2.54. The molecule has 0 saturated heterocycles. The average molecular weight is 326 g/mol. The minimum Gasteiger partial charge on any atom is -0.373 e. The van der Waals surface area contributed by atoms with Crippen molar-refractivity contribution in [3.05, 3.63) is 42.0 Å². The topological polar surface area (TPSA) is 69.0 Å². The molecule has 0 spiro atoms. The molecule has 0 bridgehead atoms. The number of pyridine rings is 1. The van der Waals surface area contributed by atoms with Crippen LogP contribution in [0.5, 0.6) is 0 Å². The molecule has 1 atom stereocenters. The number of ether oxygens (including phenoxy) is 1. The molecule has 2 aromatic rings. The van der Waals surface area contributed by atoms with E-state index in [1.54, 1.807) is 12.4 Å². The summed E-state index contributed by atoms with van der Waals surface area (Å²) in [6.45, 7) is 1.00. The fourth-order valence-electron chi connectivity index (χ4n) is 3.74. The predicted molar refractivity (Wildman–Crippen MR) is 88.5 cm³/mol. The van der Waals surface area contributed by atoms with Gasteiger partial charge >= 0.3 is 0 Å². The quantitative estimate of drug-likeness (QED) is 0.937. The zero-order valence-corrected chi connectivity index (χ0v) is 13.6. The summed E-state index contributed by atoms with van der Waals surface area (Å²) in [5.74, 6) is 0.671. The van der Waals surface area contributed by atoms with Gasteiger partial charge in [-0.05, 0) is 30.9 Å². The van der Waals surface area contributed by atoms with Crippen LogP contribution in [0.2, 0.25) is 0 Å². The highest BCUT2D eigenvalue weighted by atomic mass is 16.5. The van der Waals surface area contributed by atoms with Crippen LogP contribution >= 0.6 is 0 Å². The van der Waals surface area contributed by atoms with Crippen LogP contribution in [0, 0.1) is 5.92 Å². The SMILES string of the molecule is O=C(CC1CCCC1)NC1COCc2c1cnn2-c1cccnc1. The van der Waals surface area contributed by atoms with Crippen LogP contribution < -0.4 is 5.32 Å². The van der Waals surface area contributed by atoms with E-state index in [-0.39, 0.29) is 11.9 Å². The lowest BCUT2D eigenvalue weighted by molar-refractivity contribution is -0.123. The van der Waals surface area contributed by atoms with Gasteiger partial charge in [0.2, 0.25) is 5.91 Å². The number of nitrogens with zero attached hydrogens (tertiary/aromatic N) is 3. The summed E-state index contributed by atoms with van der Waals surface area (Å²) in [7, 11) is 0. The number of aromatic nitrogens is 3. The number of nitrogens with one attached hydrogen (secondary N) is 1. The van der Waals surface area contributed by atoms with E-state index in [9.17, 15) is 4.79 Å². The Balaban J connectivity index is 1.50. The van der Waals surface area contributed by atoms with Gasteiger partial charge in [0.05, 0.1) is 43.0 Å². The minimum atomic E-state index is -0.118. The minimum absolute atomic E-state index is 0.118. The molecule has 1 amide bonds. The number of hydrogen-bond acceptors (Lipinski definition) is 4. The normalized spacial score (nSPS) is 20.8. The molecule has 1 aliphatic heterocycles. The van der Waals surface area contributed by atoms with Crippen molar-refractivity contribution in [3.8, 4) is 5.69 Å². The Morgan fingerprint density at radius 3 is 3.00 bits per heavy atom. The van der Waals surface area contributed by atoms with E-state index in [1.165, 1.54) is 25.7 Å². The van der Waals surface area contributed by atoms with E-state index in [2.05, 4.69) is 15.4 Å². The summed E-state index contributed by atoms with van der Waals surface area (Å²) < 4.78 is 7.55. The van der Waals surface area contributed by atoms with E-state index in [1.807, 2.05) is 23.0 Å². The van der Waals surface area contributed by atoms with Gasteiger partial charge in [-0.3, -0.25) is 9.78 Å². The summed E-state index contributed by atoms with van der Waals surface area (Å²) in [6, 6.07) is 3.73. The molecule has 6 nitrogen and oxygen atoms in total. The van der Waals surface area contributed by atoms with Gasteiger partial charge < -0.3 is 10.1 Å². The van der Waals surface area contributed by atoms with Crippen LogP contribution in [-0.4, -0.2) is 27.3 Å². The summed E-state index contributed by atoms with van der Waals surface area (Å²) in [4.78, 5) is 16.5. The number of amides is 1. The summed E-state index contributed by atoms with van der Waals surface area (Å²) in [6.07, 6.45) is 10.8. The van der Waals surface area contributed by atoms with Crippen LogP contribution in [0.25, 0.3) is 5.69 Å². The van der Waals surface area contributed by atoms with Crippen molar-refractivity contribution in [3.63, 3.8) is 0 Å². The summed E-state index contributed by atoms with van der Waals surface area (Å²) in [5.41, 5.74) is 2.94. The van der Waals surface area contributed by atoms with E-state index < -0.39 is 0 Å². The highest BCUT2D eigenvalue weighted by Gasteiger charge is 2.28. The van der Waals surface area contributed by atoms with Gasteiger partial charge in [0.25, 0.3) is 0 Å². The van der Waals surface area contributed by atoms with Gasteiger partial charge in [-0.15, -0.1) is 0 Å². The first-order valence-corrected chi connectivity index (χ1v) is 8.65. The van der Waals surface area contributed by atoms with Crippen LogP contribution in [0.3, 0.4) is 0 Å². The molecule has 0 radical (unpaired) electrons. The van der Waals surface area contributed by atoms with E-state index in [0.717, 1.165) is 16.9 Å². The van der Waals surface area contributed by atoms with Crippen molar-refractivity contribution in [2.24, 2.45) is 5.92 Å². The fourth-order valence-corrected chi connectivity index (χ4v) is 3.74. The van der Waals surface area contributed by atoms with Crippen LogP contribution in [0.15, 0.2) is 30.7 Å². The summed E-state index contributed by atoms with van der Waals surface area (Å²) >= 11 is 0. The molecule has 2 aromatic heterocycles. The van der Waals surface area contributed by atoms with Gasteiger partial charge in [-0.2, -0.15) is 5.10 Å².